The molecule has 166 valence electrons. The molecule has 0 aromatic heterocycles. The number of aliphatic carboxylic acids is 1. The van der Waals surface area contributed by atoms with Gasteiger partial charge in [0, 0.05) is 5.41 Å². The Morgan fingerprint density at radius 2 is 1.47 bits per heavy atom. The van der Waals surface area contributed by atoms with E-state index in [1.54, 1.807) is 0 Å². The highest BCUT2D eigenvalue weighted by Crippen LogP contribution is 2.41. The zero-order valence-corrected chi connectivity index (χ0v) is 19.9. The van der Waals surface area contributed by atoms with E-state index in [9.17, 15) is 4.79 Å². The summed E-state index contributed by atoms with van der Waals surface area (Å²) in [6.45, 7) is 11.0. The fraction of sp³-hybridized carbons (Fsp3) is 0.300. The van der Waals surface area contributed by atoms with Gasteiger partial charge in [-0.15, -0.1) is 0 Å². The van der Waals surface area contributed by atoms with E-state index in [4.69, 9.17) is 5.11 Å². The van der Waals surface area contributed by atoms with E-state index in [1.807, 2.05) is 24.3 Å². The van der Waals surface area contributed by atoms with E-state index in [0.717, 1.165) is 24.0 Å². The van der Waals surface area contributed by atoms with Crippen LogP contribution in [0.2, 0.25) is 0 Å². The van der Waals surface area contributed by atoms with Crippen molar-refractivity contribution in [2.45, 2.75) is 59.3 Å². The van der Waals surface area contributed by atoms with Crippen molar-refractivity contribution >= 4 is 12.0 Å². The van der Waals surface area contributed by atoms with Crippen LogP contribution in [0.1, 0.15) is 67.0 Å². The molecule has 0 radical (unpaired) electrons. The highest BCUT2D eigenvalue weighted by Gasteiger charge is 2.31. The van der Waals surface area contributed by atoms with Crippen molar-refractivity contribution in [2.75, 3.05) is 0 Å². The number of rotatable bonds is 8. The fourth-order valence-electron chi connectivity index (χ4n) is 4.84. The Morgan fingerprint density at radius 1 is 0.875 bits per heavy atom. The van der Waals surface area contributed by atoms with Crippen LogP contribution in [-0.2, 0) is 16.6 Å². The molecule has 0 fully saturated rings. The summed E-state index contributed by atoms with van der Waals surface area (Å²) in [6, 6.07) is 21.6. The molecule has 3 aromatic rings. The molecule has 0 amide bonds. The summed E-state index contributed by atoms with van der Waals surface area (Å²) in [5.41, 5.74) is 9.66. The van der Waals surface area contributed by atoms with Gasteiger partial charge in [0.1, 0.15) is 0 Å². The lowest BCUT2D eigenvalue weighted by molar-refractivity contribution is -0.136. The number of aryl methyl sites for hydroxylation is 2. The molecular weight excluding hydrogens is 392 g/mol. The first kappa shape index (κ1) is 23.5. The molecular formula is C30H34O2. The van der Waals surface area contributed by atoms with Crippen LogP contribution in [0, 0.1) is 13.8 Å². The highest BCUT2D eigenvalue weighted by molar-refractivity contribution is 5.72. The molecule has 32 heavy (non-hydrogen) atoms. The number of hydrogen-bond donors (Lipinski definition) is 1. The van der Waals surface area contributed by atoms with Crippen molar-refractivity contribution in [3.63, 3.8) is 0 Å². The maximum absolute atomic E-state index is 11.0. The van der Waals surface area contributed by atoms with E-state index in [1.165, 1.54) is 33.4 Å². The maximum atomic E-state index is 11.0. The van der Waals surface area contributed by atoms with Crippen molar-refractivity contribution in [1.82, 2.24) is 0 Å². The first-order valence-corrected chi connectivity index (χ1v) is 11.5. The predicted molar refractivity (Wildman–Crippen MR) is 135 cm³/mol. The van der Waals surface area contributed by atoms with Crippen molar-refractivity contribution < 1.29 is 9.90 Å². The summed E-state index contributed by atoms with van der Waals surface area (Å²) in [4.78, 5) is 11.0. The van der Waals surface area contributed by atoms with Gasteiger partial charge in [-0.1, -0.05) is 86.7 Å². The van der Waals surface area contributed by atoms with Crippen LogP contribution in [0.25, 0.3) is 17.2 Å². The molecule has 0 bridgehead atoms. The average Bonchev–Trinajstić information content (AvgIpc) is 2.77. The van der Waals surface area contributed by atoms with Crippen LogP contribution in [0.3, 0.4) is 0 Å². The van der Waals surface area contributed by atoms with Crippen molar-refractivity contribution in [3.8, 4) is 11.1 Å². The standard InChI is InChI=1S/C30H34O2/c1-6-9-24-14-15-26(18-21(24)4)30(7-2,8-3)27-16-17-28(22(5)19-27)25-12-10-23(11-13-25)20-29(31)32/h6,9-19H,7-8,20H2,1-5H3,(H,31,32)/b9-6+. The minimum absolute atomic E-state index is 0.0200. The van der Waals surface area contributed by atoms with Crippen LogP contribution >= 0.6 is 0 Å². The fourth-order valence-corrected chi connectivity index (χ4v) is 4.84. The quantitative estimate of drug-likeness (QED) is 0.400. The Hall–Kier alpha value is -3.13. The topological polar surface area (TPSA) is 37.3 Å². The van der Waals surface area contributed by atoms with Gasteiger partial charge < -0.3 is 5.11 Å². The molecule has 0 aliphatic heterocycles. The van der Waals surface area contributed by atoms with Crippen LogP contribution < -0.4 is 0 Å². The third-order valence-electron chi connectivity index (χ3n) is 6.78. The molecule has 0 unspecified atom stereocenters. The van der Waals surface area contributed by atoms with Crippen LogP contribution in [0.15, 0.2) is 66.7 Å². The third-order valence-corrected chi connectivity index (χ3v) is 6.78. The summed E-state index contributed by atoms with van der Waals surface area (Å²) >= 11 is 0. The average molecular weight is 427 g/mol. The smallest absolute Gasteiger partial charge is 0.307 e. The first-order valence-electron chi connectivity index (χ1n) is 11.5. The first-order chi connectivity index (χ1) is 15.3. The van der Waals surface area contributed by atoms with Gasteiger partial charge in [0.25, 0.3) is 0 Å². The zero-order valence-electron chi connectivity index (χ0n) is 19.9. The molecule has 0 saturated carbocycles. The van der Waals surface area contributed by atoms with Crippen molar-refractivity contribution in [2.24, 2.45) is 0 Å². The van der Waals surface area contributed by atoms with Crippen molar-refractivity contribution in [3.05, 3.63) is 100 Å². The molecule has 2 heteroatoms. The van der Waals surface area contributed by atoms with Gasteiger partial charge in [-0.25, -0.2) is 0 Å². The van der Waals surface area contributed by atoms with Gasteiger partial charge >= 0.3 is 5.97 Å². The normalized spacial score (nSPS) is 11.8. The summed E-state index contributed by atoms with van der Waals surface area (Å²) in [5, 5.41) is 9.00. The number of benzene rings is 3. The van der Waals surface area contributed by atoms with E-state index in [2.05, 4.69) is 83.2 Å². The minimum atomic E-state index is -0.803. The Morgan fingerprint density at radius 3 is 1.97 bits per heavy atom. The second-order valence-electron chi connectivity index (χ2n) is 8.66. The molecule has 0 aliphatic rings. The molecule has 2 nitrogen and oxygen atoms in total. The zero-order chi connectivity index (χ0) is 23.3. The van der Waals surface area contributed by atoms with E-state index < -0.39 is 5.97 Å². The van der Waals surface area contributed by atoms with E-state index in [0.29, 0.717) is 0 Å². The summed E-state index contributed by atoms with van der Waals surface area (Å²) in [6.07, 6.45) is 6.38. The number of allylic oxidation sites excluding steroid dienone is 1. The Kier molecular flexibility index (Phi) is 7.35. The molecule has 0 spiro atoms. The lowest BCUT2D eigenvalue weighted by Gasteiger charge is -2.34. The lowest BCUT2D eigenvalue weighted by atomic mass is 9.69. The van der Waals surface area contributed by atoms with E-state index in [-0.39, 0.29) is 11.8 Å². The molecule has 1 N–H and O–H groups in total. The van der Waals surface area contributed by atoms with Gasteiger partial charge in [0.05, 0.1) is 6.42 Å². The molecule has 0 heterocycles. The van der Waals surface area contributed by atoms with Gasteiger partial charge in [-0.2, -0.15) is 0 Å². The maximum Gasteiger partial charge on any atom is 0.307 e. The van der Waals surface area contributed by atoms with Crippen LogP contribution in [0.5, 0.6) is 0 Å². The third kappa shape index (κ3) is 4.70. The van der Waals surface area contributed by atoms with Crippen LogP contribution in [-0.4, -0.2) is 11.1 Å². The second kappa shape index (κ2) is 9.99. The second-order valence-corrected chi connectivity index (χ2v) is 8.66. The van der Waals surface area contributed by atoms with Gasteiger partial charge in [-0.05, 0) is 78.1 Å². The molecule has 0 atom stereocenters. The summed E-state index contributed by atoms with van der Waals surface area (Å²) in [7, 11) is 0. The summed E-state index contributed by atoms with van der Waals surface area (Å²) < 4.78 is 0. The number of carboxylic acids is 1. The predicted octanol–water partition coefficient (Wildman–Crippen LogP) is 7.74. The number of carboxylic acid groups (broad SMARTS) is 1. The highest BCUT2D eigenvalue weighted by atomic mass is 16.4. The monoisotopic (exact) mass is 426 g/mol. The van der Waals surface area contributed by atoms with Crippen LogP contribution in [0.4, 0.5) is 0 Å². The van der Waals surface area contributed by atoms with Gasteiger partial charge in [0.2, 0.25) is 0 Å². The summed E-state index contributed by atoms with van der Waals surface area (Å²) in [5.74, 6) is -0.803. The van der Waals surface area contributed by atoms with E-state index >= 15 is 0 Å². The van der Waals surface area contributed by atoms with Gasteiger partial charge in [-0.3, -0.25) is 4.79 Å². The number of carbonyl (C=O) groups is 1. The Balaban J connectivity index is 2.01. The molecule has 0 saturated heterocycles. The minimum Gasteiger partial charge on any atom is -0.481 e. The molecule has 0 aliphatic carbocycles. The SMILES string of the molecule is C/C=C/c1ccc(C(CC)(CC)c2ccc(-c3ccc(CC(=O)O)cc3)c(C)c2)cc1C. The van der Waals surface area contributed by atoms with Gasteiger partial charge in [0.15, 0.2) is 0 Å². The molecule has 3 aromatic carbocycles. The molecule has 3 rings (SSSR count). The largest absolute Gasteiger partial charge is 0.481 e. The van der Waals surface area contributed by atoms with Crippen molar-refractivity contribution in [1.29, 1.82) is 0 Å². The Bertz CT molecular complexity index is 1120. The lowest BCUT2D eigenvalue weighted by Crippen LogP contribution is -2.26. The number of hydrogen-bond acceptors (Lipinski definition) is 1. The Labute approximate surface area is 192 Å².